The molecule has 1 amide bonds. The van der Waals surface area contributed by atoms with Crippen molar-refractivity contribution < 1.29 is 4.79 Å². The number of nitrogens with zero attached hydrogens (tertiary/aromatic N) is 4. The van der Waals surface area contributed by atoms with Crippen molar-refractivity contribution in [1.29, 1.82) is 0 Å². The smallest absolute Gasteiger partial charge is 0.234 e. The second-order valence-corrected chi connectivity index (χ2v) is 8.89. The van der Waals surface area contributed by atoms with Crippen molar-refractivity contribution in [2.75, 3.05) is 29.1 Å². The molecule has 2 aromatic rings. The van der Waals surface area contributed by atoms with Gasteiger partial charge in [-0.2, -0.15) is 0 Å². The summed E-state index contributed by atoms with van der Waals surface area (Å²) in [7, 11) is 0. The molecule has 0 unspecified atom stereocenters. The van der Waals surface area contributed by atoms with E-state index in [2.05, 4.69) is 44.9 Å². The molecule has 28 heavy (non-hydrogen) atoms. The Morgan fingerprint density at radius 1 is 1.21 bits per heavy atom. The van der Waals surface area contributed by atoms with Crippen LogP contribution in [0.5, 0.6) is 0 Å². The Kier molecular flexibility index (Phi) is 5.90. The number of amides is 1. The van der Waals surface area contributed by atoms with E-state index in [-0.39, 0.29) is 5.91 Å². The number of hydrogen-bond donors (Lipinski definition) is 1. The average Bonchev–Trinajstić information content (AvgIpc) is 3.46. The molecule has 2 aliphatic rings. The van der Waals surface area contributed by atoms with Gasteiger partial charge in [-0.3, -0.25) is 9.36 Å². The van der Waals surface area contributed by atoms with Crippen molar-refractivity contribution >= 4 is 29.3 Å². The van der Waals surface area contributed by atoms with Gasteiger partial charge < -0.3 is 10.2 Å². The Morgan fingerprint density at radius 3 is 2.71 bits per heavy atom. The summed E-state index contributed by atoms with van der Waals surface area (Å²) >= 11 is 1.49. The maximum absolute atomic E-state index is 12.4. The molecule has 0 spiro atoms. The molecule has 1 aliphatic heterocycles. The largest absolute Gasteiger partial charge is 0.341 e. The third kappa shape index (κ3) is 4.51. The molecule has 7 heteroatoms. The van der Waals surface area contributed by atoms with E-state index in [4.69, 9.17) is 0 Å². The van der Waals surface area contributed by atoms with Gasteiger partial charge in [0.2, 0.25) is 11.9 Å². The van der Waals surface area contributed by atoms with Crippen LogP contribution in [0.3, 0.4) is 0 Å². The molecule has 1 aromatic carbocycles. The third-order valence-electron chi connectivity index (χ3n) is 5.58. The standard InChI is InChI=1S/C21H29N5OS/c1-3-16-5-4-6-17(13-16)22-19(27)14-28-21-24-23-20(26(21)18-7-8-18)25-11-9-15(2)10-12-25/h4-6,13,15,18H,3,7-12,14H2,1-2H3,(H,22,27). The molecule has 1 saturated heterocycles. The second-order valence-electron chi connectivity index (χ2n) is 7.94. The highest BCUT2D eigenvalue weighted by atomic mass is 32.2. The zero-order chi connectivity index (χ0) is 19.5. The van der Waals surface area contributed by atoms with Crippen molar-refractivity contribution in [3.8, 4) is 0 Å². The fraction of sp³-hybridized carbons (Fsp3) is 0.571. The number of thioether (sulfide) groups is 1. The number of aromatic nitrogens is 3. The number of piperidine rings is 1. The van der Waals surface area contributed by atoms with E-state index in [0.29, 0.717) is 11.8 Å². The lowest BCUT2D eigenvalue weighted by Crippen LogP contribution is -2.34. The van der Waals surface area contributed by atoms with E-state index < -0.39 is 0 Å². The molecule has 0 bridgehead atoms. The van der Waals surface area contributed by atoms with E-state index in [1.54, 1.807) is 0 Å². The van der Waals surface area contributed by atoms with Crippen LogP contribution in [0.25, 0.3) is 0 Å². The zero-order valence-electron chi connectivity index (χ0n) is 16.7. The lowest BCUT2D eigenvalue weighted by Gasteiger charge is -2.31. The van der Waals surface area contributed by atoms with Crippen LogP contribution in [0.4, 0.5) is 11.6 Å². The third-order valence-corrected chi connectivity index (χ3v) is 6.52. The summed E-state index contributed by atoms with van der Waals surface area (Å²) < 4.78 is 2.27. The van der Waals surface area contributed by atoms with Gasteiger partial charge >= 0.3 is 0 Å². The van der Waals surface area contributed by atoms with Gasteiger partial charge in [0, 0.05) is 24.8 Å². The van der Waals surface area contributed by atoms with Crippen LogP contribution in [0.1, 0.15) is 51.1 Å². The minimum Gasteiger partial charge on any atom is -0.341 e. The number of aryl methyl sites for hydroxylation is 1. The summed E-state index contributed by atoms with van der Waals surface area (Å²) in [6.45, 7) is 6.52. The molecular weight excluding hydrogens is 370 g/mol. The molecule has 4 rings (SSSR count). The van der Waals surface area contributed by atoms with Crippen LogP contribution in [0.15, 0.2) is 29.4 Å². The van der Waals surface area contributed by atoms with Crippen molar-refractivity contribution in [3.63, 3.8) is 0 Å². The predicted molar refractivity (Wildman–Crippen MR) is 114 cm³/mol. The normalized spacial score (nSPS) is 17.7. The van der Waals surface area contributed by atoms with Gasteiger partial charge in [-0.25, -0.2) is 0 Å². The first-order valence-electron chi connectivity index (χ1n) is 10.4. The van der Waals surface area contributed by atoms with Gasteiger partial charge in [-0.1, -0.05) is 37.7 Å². The van der Waals surface area contributed by atoms with Crippen molar-refractivity contribution in [3.05, 3.63) is 29.8 Å². The highest BCUT2D eigenvalue weighted by molar-refractivity contribution is 7.99. The lowest BCUT2D eigenvalue weighted by atomic mass is 10.00. The fourth-order valence-corrected chi connectivity index (χ4v) is 4.44. The molecule has 150 valence electrons. The van der Waals surface area contributed by atoms with Gasteiger partial charge in [0.1, 0.15) is 0 Å². The first-order valence-corrected chi connectivity index (χ1v) is 11.3. The maximum atomic E-state index is 12.4. The van der Waals surface area contributed by atoms with E-state index >= 15 is 0 Å². The van der Waals surface area contributed by atoms with Gasteiger partial charge in [-0.05, 0) is 55.7 Å². The molecule has 1 N–H and O–H groups in total. The topological polar surface area (TPSA) is 63.1 Å². The molecule has 2 heterocycles. The summed E-state index contributed by atoms with van der Waals surface area (Å²) in [6.07, 6.45) is 5.73. The Hall–Kier alpha value is -2.02. The summed E-state index contributed by atoms with van der Waals surface area (Å²) in [6, 6.07) is 8.52. The first kappa shape index (κ1) is 19.3. The monoisotopic (exact) mass is 399 g/mol. The van der Waals surface area contributed by atoms with E-state index in [1.165, 1.54) is 43.0 Å². The summed E-state index contributed by atoms with van der Waals surface area (Å²) in [5.41, 5.74) is 2.08. The summed E-state index contributed by atoms with van der Waals surface area (Å²) in [5.74, 6) is 2.13. The van der Waals surface area contributed by atoms with E-state index in [0.717, 1.165) is 42.2 Å². The summed E-state index contributed by atoms with van der Waals surface area (Å²) in [4.78, 5) is 14.8. The van der Waals surface area contributed by atoms with Crippen LogP contribution in [0, 0.1) is 5.92 Å². The Bertz CT molecular complexity index is 824. The predicted octanol–water partition coefficient (Wildman–Crippen LogP) is 4.14. The average molecular weight is 400 g/mol. The highest BCUT2D eigenvalue weighted by Gasteiger charge is 2.32. The zero-order valence-corrected chi connectivity index (χ0v) is 17.5. The number of rotatable bonds is 7. The van der Waals surface area contributed by atoms with Crippen molar-refractivity contribution in [1.82, 2.24) is 14.8 Å². The van der Waals surface area contributed by atoms with Crippen LogP contribution in [0.2, 0.25) is 0 Å². The van der Waals surface area contributed by atoms with E-state index in [1.807, 2.05) is 18.2 Å². The van der Waals surface area contributed by atoms with Gasteiger partial charge in [0.25, 0.3) is 0 Å². The maximum Gasteiger partial charge on any atom is 0.234 e. The van der Waals surface area contributed by atoms with Gasteiger partial charge in [0.05, 0.1) is 5.75 Å². The van der Waals surface area contributed by atoms with Gasteiger partial charge in [-0.15, -0.1) is 10.2 Å². The molecule has 1 aromatic heterocycles. The fourth-order valence-electron chi connectivity index (χ4n) is 3.64. The number of benzene rings is 1. The number of nitrogens with one attached hydrogen (secondary N) is 1. The summed E-state index contributed by atoms with van der Waals surface area (Å²) in [5, 5.41) is 12.8. The highest BCUT2D eigenvalue weighted by Crippen LogP contribution is 2.41. The molecule has 1 aliphatic carbocycles. The first-order chi connectivity index (χ1) is 13.6. The molecule has 1 saturated carbocycles. The lowest BCUT2D eigenvalue weighted by molar-refractivity contribution is -0.113. The van der Waals surface area contributed by atoms with Crippen LogP contribution < -0.4 is 10.2 Å². The molecule has 6 nitrogen and oxygen atoms in total. The van der Waals surface area contributed by atoms with Crippen molar-refractivity contribution in [2.24, 2.45) is 5.92 Å². The Labute approximate surface area is 171 Å². The van der Waals surface area contributed by atoms with Crippen molar-refractivity contribution in [2.45, 2.75) is 57.1 Å². The number of carbonyl (C=O) groups is 1. The Morgan fingerprint density at radius 2 is 2.00 bits per heavy atom. The molecule has 0 atom stereocenters. The molecular formula is C21H29N5OS. The SMILES string of the molecule is CCc1cccc(NC(=O)CSc2nnc(N3CCC(C)CC3)n2C2CC2)c1. The quantitative estimate of drug-likeness (QED) is 0.709. The second kappa shape index (κ2) is 8.55. The number of anilines is 2. The number of carbonyl (C=O) groups excluding carboxylic acids is 1. The van der Waals surface area contributed by atoms with Crippen LogP contribution in [-0.2, 0) is 11.2 Å². The minimum atomic E-state index is -0.00283. The van der Waals surface area contributed by atoms with E-state index in [9.17, 15) is 4.79 Å². The molecule has 0 radical (unpaired) electrons. The van der Waals surface area contributed by atoms with Crippen LogP contribution >= 0.6 is 11.8 Å². The minimum absolute atomic E-state index is 0.00283. The Balaban J connectivity index is 1.40. The van der Waals surface area contributed by atoms with Gasteiger partial charge in [0.15, 0.2) is 5.16 Å². The number of hydrogen-bond acceptors (Lipinski definition) is 5. The molecule has 2 fully saturated rings. The van der Waals surface area contributed by atoms with Crippen LogP contribution in [-0.4, -0.2) is 39.5 Å².